The number of nitrogens with zero attached hydrogens (tertiary/aromatic N) is 4. The summed E-state index contributed by atoms with van der Waals surface area (Å²) in [5.74, 6) is 0.772. The lowest BCUT2D eigenvalue weighted by atomic mass is 10.1. The maximum atomic E-state index is 5.98. The SMILES string of the molecule is Cc1nn(C)cc1CN1CCO[C@H](c2cc(CCOc3cccc(Cl)c3)[nH]n2)C1. The van der Waals surface area contributed by atoms with E-state index in [4.69, 9.17) is 21.1 Å². The van der Waals surface area contributed by atoms with Crippen LogP contribution in [0.3, 0.4) is 0 Å². The van der Waals surface area contributed by atoms with Gasteiger partial charge in [-0.2, -0.15) is 10.2 Å². The maximum Gasteiger partial charge on any atom is 0.120 e. The highest BCUT2D eigenvalue weighted by atomic mass is 35.5. The first-order valence-corrected chi connectivity index (χ1v) is 10.2. The molecule has 3 aromatic rings. The molecule has 1 atom stereocenters. The number of aromatic amines is 1. The van der Waals surface area contributed by atoms with Crippen LogP contribution in [-0.2, 0) is 24.8 Å². The summed E-state index contributed by atoms with van der Waals surface area (Å²) in [5, 5.41) is 12.7. The van der Waals surface area contributed by atoms with Crippen LogP contribution in [0.5, 0.6) is 5.75 Å². The maximum absolute atomic E-state index is 5.98. The van der Waals surface area contributed by atoms with E-state index >= 15 is 0 Å². The standard InChI is InChI=1S/C21H26ClN5O2/c1-15-16(12-26(2)25-15)13-27-7-9-29-21(14-27)20-11-18(23-24-20)6-8-28-19-5-3-4-17(22)10-19/h3-5,10-12,21H,6-9,13-14H2,1-2H3,(H,23,24)/t21-/m0/s1. The largest absolute Gasteiger partial charge is 0.493 e. The van der Waals surface area contributed by atoms with E-state index in [2.05, 4.69) is 39.4 Å². The second-order valence-corrected chi connectivity index (χ2v) is 7.82. The average molecular weight is 416 g/mol. The van der Waals surface area contributed by atoms with E-state index in [1.807, 2.05) is 36.0 Å². The molecule has 1 N–H and O–H groups in total. The van der Waals surface area contributed by atoms with Crippen molar-refractivity contribution in [2.24, 2.45) is 7.05 Å². The normalized spacial score (nSPS) is 17.6. The van der Waals surface area contributed by atoms with Gasteiger partial charge >= 0.3 is 0 Å². The van der Waals surface area contributed by atoms with Gasteiger partial charge in [0.05, 0.1) is 24.6 Å². The Balaban J connectivity index is 1.30. The first-order valence-electron chi connectivity index (χ1n) is 9.82. The van der Waals surface area contributed by atoms with Gasteiger partial charge in [-0.15, -0.1) is 0 Å². The Kier molecular flexibility index (Phi) is 6.18. The van der Waals surface area contributed by atoms with Gasteiger partial charge in [-0.3, -0.25) is 14.7 Å². The van der Waals surface area contributed by atoms with Gasteiger partial charge in [0.2, 0.25) is 0 Å². The second-order valence-electron chi connectivity index (χ2n) is 7.38. The molecule has 1 aromatic carbocycles. The number of benzene rings is 1. The van der Waals surface area contributed by atoms with Crippen molar-refractivity contribution in [1.29, 1.82) is 0 Å². The van der Waals surface area contributed by atoms with Crippen molar-refractivity contribution >= 4 is 11.6 Å². The molecule has 0 bridgehead atoms. The Labute approximate surface area is 175 Å². The monoisotopic (exact) mass is 415 g/mol. The van der Waals surface area contributed by atoms with Crippen molar-refractivity contribution in [3.8, 4) is 5.75 Å². The minimum Gasteiger partial charge on any atom is -0.493 e. The highest BCUT2D eigenvalue weighted by Gasteiger charge is 2.25. The van der Waals surface area contributed by atoms with E-state index in [0.717, 1.165) is 48.9 Å². The molecule has 1 aliphatic rings. The molecule has 154 valence electrons. The fraction of sp³-hybridized carbons (Fsp3) is 0.429. The summed E-state index contributed by atoms with van der Waals surface area (Å²) < 4.78 is 13.6. The summed E-state index contributed by atoms with van der Waals surface area (Å²) in [4.78, 5) is 2.40. The molecule has 2 aromatic heterocycles. The highest BCUT2D eigenvalue weighted by Crippen LogP contribution is 2.23. The number of hydrogen-bond acceptors (Lipinski definition) is 5. The molecule has 7 nitrogen and oxygen atoms in total. The van der Waals surface area contributed by atoms with Crippen molar-refractivity contribution in [2.45, 2.75) is 26.0 Å². The zero-order chi connectivity index (χ0) is 20.2. The molecule has 29 heavy (non-hydrogen) atoms. The van der Waals surface area contributed by atoms with Crippen LogP contribution in [-0.4, -0.2) is 51.2 Å². The van der Waals surface area contributed by atoms with E-state index in [9.17, 15) is 0 Å². The van der Waals surface area contributed by atoms with Crippen LogP contribution in [0.25, 0.3) is 0 Å². The molecule has 1 saturated heterocycles. The van der Waals surface area contributed by atoms with Gasteiger partial charge in [-0.1, -0.05) is 17.7 Å². The molecular weight excluding hydrogens is 390 g/mol. The molecule has 1 fully saturated rings. The summed E-state index contributed by atoms with van der Waals surface area (Å²) in [6.45, 7) is 5.92. The number of rotatable bonds is 7. The topological polar surface area (TPSA) is 68.2 Å². The number of morpholine rings is 1. The summed E-state index contributed by atoms with van der Waals surface area (Å²) in [7, 11) is 1.96. The fourth-order valence-corrected chi connectivity index (χ4v) is 3.76. The smallest absolute Gasteiger partial charge is 0.120 e. The van der Waals surface area contributed by atoms with Gasteiger partial charge in [0.15, 0.2) is 0 Å². The first-order chi connectivity index (χ1) is 14.1. The lowest BCUT2D eigenvalue weighted by Gasteiger charge is -2.31. The van der Waals surface area contributed by atoms with Crippen molar-refractivity contribution in [3.05, 3.63) is 64.2 Å². The summed E-state index contributed by atoms with van der Waals surface area (Å²) >= 11 is 5.98. The molecule has 0 amide bonds. The van der Waals surface area contributed by atoms with Crippen LogP contribution < -0.4 is 4.74 Å². The predicted molar refractivity (Wildman–Crippen MR) is 111 cm³/mol. The lowest BCUT2D eigenvalue weighted by Crippen LogP contribution is -2.38. The van der Waals surface area contributed by atoms with Gasteiger partial charge in [0.1, 0.15) is 11.9 Å². The Hall–Kier alpha value is -2.35. The van der Waals surface area contributed by atoms with E-state index in [1.165, 1.54) is 5.56 Å². The third-order valence-electron chi connectivity index (χ3n) is 5.08. The van der Waals surface area contributed by atoms with Gasteiger partial charge in [-0.05, 0) is 31.2 Å². The third kappa shape index (κ3) is 5.18. The summed E-state index contributed by atoms with van der Waals surface area (Å²) in [5.41, 5.74) is 4.31. The van der Waals surface area contributed by atoms with Gasteiger partial charge in [-0.25, -0.2) is 0 Å². The van der Waals surface area contributed by atoms with Crippen molar-refractivity contribution in [1.82, 2.24) is 24.9 Å². The van der Waals surface area contributed by atoms with Crippen LogP contribution in [0, 0.1) is 6.92 Å². The lowest BCUT2D eigenvalue weighted by molar-refractivity contribution is -0.0350. The number of aryl methyl sites for hydroxylation is 2. The van der Waals surface area contributed by atoms with Crippen LogP contribution in [0.1, 0.15) is 28.7 Å². The van der Waals surface area contributed by atoms with E-state index in [0.29, 0.717) is 18.2 Å². The summed E-state index contributed by atoms with van der Waals surface area (Å²) in [6.07, 6.45) is 2.80. The van der Waals surface area contributed by atoms with Crippen LogP contribution in [0.4, 0.5) is 0 Å². The molecule has 4 rings (SSSR count). The fourth-order valence-electron chi connectivity index (χ4n) is 3.58. The number of hydrogen-bond donors (Lipinski definition) is 1. The summed E-state index contributed by atoms with van der Waals surface area (Å²) in [6, 6.07) is 9.50. The van der Waals surface area contributed by atoms with Crippen molar-refractivity contribution in [2.75, 3.05) is 26.3 Å². The van der Waals surface area contributed by atoms with Crippen LogP contribution in [0.15, 0.2) is 36.5 Å². The highest BCUT2D eigenvalue weighted by molar-refractivity contribution is 6.30. The van der Waals surface area contributed by atoms with Crippen LogP contribution in [0.2, 0.25) is 5.02 Å². The second kappa shape index (κ2) is 8.98. The molecule has 0 saturated carbocycles. The van der Waals surface area contributed by atoms with Gasteiger partial charge in [0.25, 0.3) is 0 Å². The molecule has 8 heteroatoms. The number of nitrogens with one attached hydrogen (secondary N) is 1. The van der Waals surface area contributed by atoms with Gasteiger partial charge < -0.3 is 9.47 Å². The zero-order valence-electron chi connectivity index (χ0n) is 16.8. The molecule has 0 aliphatic carbocycles. The molecule has 3 heterocycles. The van der Waals surface area contributed by atoms with Crippen LogP contribution >= 0.6 is 11.6 Å². The Morgan fingerprint density at radius 2 is 2.24 bits per heavy atom. The average Bonchev–Trinajstić information content (AvgIpc) is 3.28. The molecule has 0 spiro atoms. The molecule has 0 unspecified atom stereocenters. The quantitative estimate of drug-likeness (QED) is 0.641. The number of H-pyrrole nitrogens is 1. The minimum atomic E-state index is -0.0282. The Morgan fingerprint density at radius 1 is 1.34 bits per heavy atom. The predicted octanol–water partition coefficient (Wildman–Crippen LogP) is 3.30. The number of aromatic nitrogens is 4. The van der Waals surface area contributed by atoms with Gasteiger partial charge in [0, 0.05) is 55.6 Å². The zero-order valence-corrected chi connectivity index (χ0v) is 17.5. The molecular formula is C21H26ClN5O2. The first kappa shape index (κ1) is 19.9. The molecule has 0 radical (unpaired) electrons. The number of ether oxygens (including phenoxy) is 2. The van der Waals surface area contributed by atoms with E-state index in [1.54, 1.807) is 0 Å². The van der Waals surface area contributed by atoms with Crippen molar-refractivity contribution in [3.63, 3.8) is 0 Å². The van der Waals surface area contributed by atoms with E-state index < -0.39 is 0 Å². The minimum absolute atomic E-state index is 0.0282. The molecule has 1 aliphatic heterocycles. The Bertz CT molecular complexity index is 954. The van der Waals surface area contributed by atoms with Crippen molar-refractivity contribution < 1.29 is 9.47 Å². The Morgan fingerprint density at radius 3 is 3.03 bits per heavy atom. The van der Waals surface area contributed by atoms with E-state index in [-0.39, 0.29) is 6.10 Å². The number of halogens is 1. The third-order valence-corrected chi connectivity index (χ3v) is 5.31.